The predicted octanol–water partition coefficient (Wildman–Crippen LogP) is 4.80. The van der Waals surface area contributed by atoms with Gasteiger partial charge in [0, 0.05) is 38.1 Å². The van der Waals surface area contributed by atoms with Crippen LogP contribution in [-0.4, -0.2) is 65.3 Å². The number of carbonyl (C=O) groups excluding carboxylic acids is 2. The van der Waals surface area contributed by atoms with Crippen LogP contribution >= 0.6 is 34.7 Å². The lowest BCUT2D eigenvalue weighted by Crippen LogP contribution is -2.46. The third kappa shape index (κ3) is 3.88. The Kier molecular flexibility index (Phi) is 6.07. The smallest absolute Gasteiger partial charge is 0.263 e. The number of unbranched alkanes of at least 4 members (excludes halogenated alkanes) is 1. The number of carbonyl (C=O) groups is 2. The Morgan fingerprint density at radius 1 is 0.844 bits per heavy atom. The molecule has 1 aromatic heterocycles. The van der Waals surface area contributed by atoms with E-state index in [0.29, 0.717) is 6.54 Å². The zero-order valence-electron chi connectivity index (χ0n) is 17.4. The molecule has 166 valence electrons. The number of fused-ring (bicyclic) bond motifs is 2. The molecule has 0 aliphatic carbocycles. The Labute approximate surface area is 200 Å². The normalized spacial score (nSPS) is 16.9. The topological polar surface area (TPSA) is 56.8 Å². The van der Waals surface area contributed by atoms with Gasteiger partial charge in [-0.3, -0.25) is 19.4 Å². The van der Waals surface area contributed by atoms with Crippen LogP contribution in [0.3, 0.4) is 0 Å². The van der Waals surface area contributed by atoms with Gasteiger partial charge >= 0.3 is 0 Å². The first-order valence-corrected chi connectivity index (χ1v) is 12.2. The first kappa shape index (κ1) is 21.6. The van der Waals surface area contributed by atoms with E-state index in [4.69, 9.17) is 23.2 Å². The van der Waals surface area contributed by atoms with Crippen molar-refractivity contribution in [2.24, 2.45) is 0 Å². The minimum atomic E-state index is -0.346. The molecule has 2 aromatic carbocycles. The molecular weight excluding hydrogens is 467 g/mol. The van der Waals surface area contributed by atoms with E-state index in [2.05, 4.69) is 32.4 Å². The molecular formula is C23H22Cl2N4O2S. The van der Waals surface area contributed by atoms with E-state index >= 15 is 0 Å². The first-order valence-electron chi connectivity index (χ1n) is 10.7. The molecule has 32 heavy (non-hydrogen) atoms. The maximum Gasteiger partial charge on any atom is 0.263 e. The zero-order chi connectivity index (χ0) is 22.2. The van der Waals surface area contributed by atoms with Crippen molar-refractivity contribution in [3.63, 3.8) is 0 Å². The minimum absolute atomic E-state index is 0.231. The van der Waals surface area contributed by atoms with Gasteiger partial charge in [-0.05, 0) is 55.2 Å². The molecule has 1 saturated heterocycles. The molecule has 2 amide bonds. The Bertz CT molecular complexity index is 1150. The number of hydrogen-bond donors (Lipinski definition) is 0. The average molecular weight is 489 g/mol. The third-order valence-corrected chi connectivity index (χ3v) is 7.60. The fourth-order valence-corrected chi connectivity index (χ4v) is 5.70. The molecule has 6 nitrogen and oxygen atoms in total. The lowest BCUT2D eigenvalue weighted by molar-refractivity contribution is 0.0650. The number of nitrogens with zero attached hydrogens (tertiary/aromatic N) is 4. The Balaban J connectivity index is 1.11. The van der Waals surface area contributed by atoms with Gasteiger partial charge in [-0.1, -0.05) is 35.3 Å². The van der Waals surface area contributed by atoms with Gasteiger partial charge in [0.15, 0.2) is 0 Å². The van der Waals surface area contributed by atoms with E-state index in [9.17, 15) is 9.59 Å². The van der Waals surface area contributed by atoms with Crippen molar-refractivity contribution in [3.8, 4) is 0 Å². The number of amides is 2. The molecule has 0 bridgehead atoms. The molecule has 2 aliphatic rings. The fraction of sp³-hybridized carbons (Fsp3) is 0.348. The van der Waals surface area contributed by atoms with Crippen molar-refractivity contribution in [1.82, 2.24) is 14.2 Å². The number of imide groups is 1. The number of aromatic nitrogens is 1. The Morgan fingerprint density at radius 3 is 2.16 bits per heavy atom. The minimum Gasteiger partial charge on any atom is -0.353 e. The van der Waals surface area contributed by atoms with Crippen LogP contribution in [0, 0.1) is 0 Å². The van der Waals surface area contributed by atoms with E-state index in [1.807, 2.05) is 6.07 Å². The number of halogens is 2. The van der Waals surface area contributed by atoms with Gasteiger partial charge in [-0.25, -0.2) is 0 Å². The molecule has 0 radical (unpaired) electrons. The van der Waals surface area contributed by atoms with E-state index in [0.717, 1.165) is 51.4 Å². The summed E-state index contributed by atoms with van der Waals surface area (Å²) >= 11 is 13.8. The van der Waals surface area contributed by atoms with Crippen molar-refractivity contribution < 1.29 is 9.59 Å². The summed E-state index contributed by atoms with van der Waals surface area (Å²) in [7, 11) is 0. The molecule has 0 saturated carbocycles. The summed E-state index contributed by atoms with van der Waals surface area (Å²) in [4.78, 5) is 31.4. The predicted molar refractivity (Wildman–Crippen MR) is 129 cm³/mol. The third-order valence-electron chi connectivity index (χ3n) is 6.16. The zero-order valence-corrected chi connectivity index (χ0v) is 19.7. The van der Waals surface area contributed by atoms with Gasteiger partial charge in [-0.15, -0.1) is 0 Å². The summed E-state index contributed by atoms with van der Waals surface area (Å²) in [6.45, 7) is 5.17. The summed E-state index contributed by atoms with van der Waals surface area (Å²) in [6.07, 6.45) is 1.66. The van der Waals surface area contributed by atoms with Gasteiger partial charge in [0.25, 0.3) is 11.8 Å². The van der Waals surface area contributed by atoms with Crippen LogP contribution in [0.15, 0.2) is 36.4 Å². The summed E-state index contributed by atoms with van der Waals surface area (Å²) in [5.74, 6) is 0.399. The molecule has 5 rings (SSSR count). The van der Waals surface area contributed by atoms with Crippen molar-refractivity contribution in [2.45, 2.75) is 12.8 Å². The van der Waals surface area contributed by atoms with E-state index in [1.54, 1.807) is 23.7 Å². The molecule has 1 fully saturated rings. The highest BCUT2D eigenvalue weighted by Gasteiger charge is 2.38. The van der Waals surface area contributed by atoms with Gasteiger partial charge in [0.1, 0.15) is 5.82 Å². The van der Waals surface area contributed by atoms with Crippen LogP contribution in [-0.2, 0) is 0 Å². The monoisotopic (exact) mass is 488 g/mol. The maximum absolute atomic E-state index is 12.7. The number of rotatable bonds is 6. The van der Waals surface area contributed by atoms with Crippen LogP contribution in [0.25, 0.3) is 10.1 Å². The van der Waals surface area contributed by atoms with Crippen LogP contribution in [0.1, 0.15) is 33.6 Å². The lowest BCUT2D eigenvalue weighted by Gasteiger charge is -2.35. The molecule has 0 N–H and O–H groups in total. The second kappa shape index (κ2) is 8.98. The second-order valence-corrected chi connectivity index (χ2v) is 9.70. The maximum atomic E-state index is 12.7. The van der Waals surface area contributed by atoms with E-state index in [1.165, 1.54) is 15.0 Å². The highest BCUT2D eigenvalue weighted by molar-refractivity contribution is 7.13. The molecule has 0 spiro atoms. The van der Waals surface area contributed by atoms with E-state index in [-0.39, 0.29) is 33.0 Å². The van der Waals surface area contributed by atoms with Crippen LogP contribution < -0.4 is 4.90 Å². The Morgan fingerprint density at radius 2 is 1.47 bits per heavy atom. The van der Waals surface area contributed by atoms with Crippen molar-refractivity contribution >= 4 is 62.5 Å². The SMILES string of the molecule is O=C1c2c(Cl)ccc(Cl)c2C(=O)N1CCCCN1CCN(c2nsc3ccccc23)CC1. The second-order valence-electron chi connectivity index (χ2n) is 8.08. The summed E-state index contributed by atoms with van der Waals surface area (Å²) in [6, 6.07) is 11.5. The van der Waals surface area contributed by atoms with Crippen LogP contribution in [0.5, 0.6) is 0 Å². The highest BCUT2D eigenvalue weighted by Crippen LogP contribution is 2.34. The lowest BCUT2D eigenvalue weighted by atomic mass is 10.1. The van der Waals surface area contributed by atoms with Gasteiger partial charge < -0.3 is 4.90 Å². The van der Waals surface area contributed by atoms with Gasteiger partial charge in [-0.2, -0.15) is 4.37 Å². The number of hydrogen-bond acceptors (Lipinski definition) is 6. The summed E-state index contributed by atoms with van der Waals surface area (Å²) < 4.78 is 5.89. The first-order chi connectivity index (χ1) is 15.5. The molecule has 9 heteroatoms. The number of piperazine rings is 1. The molecule has 3 heterocycles. The summed E-state index contributed by atoms with van der Waals surface area (Å²) in [5.41, 5.74) is 0.463. The molecule has 0 unspecified atom stereocenters. The summed E-state index contributed by atoms with van der Waals surface area (Å²) in [5, 5.41) is 1.78. The van der Waals surface area contributed by atoms with Crippen molar-refractivity contribution in [3.05, 3.63) is 57.6 Å². The van der Waals surface area contributed by atoms with Gasteiger partial charge in [0.05, 0.1) is 25.9 Å². The van der Waals surface area contributed by atoms with Crippen LogP contribution in [0.2, 0.25) is 10.0 Å². The van der Waals surface area contributed by atoms with Crippen molar-refractivity contribution in [1.29, 1.82) is 0 Å². The molecule has 3 aromatic rings. The van der Waals surface area contributed by atoms with Gasteiger partial charge in [0.2, 0.25) is 0 Å². The molecule has 0 atom stereocenters. The Hall–Kier alpha value is -2.19. The largest absolute Gasteiger partial charge is 0.353 e. The van der Waals surface area contributed by atoms with E-state index < -0.39 is 0 Å². The average Bonchev–Trinajstić information content (AvgIpc) is 3.34. The highest BCUT2D eigenvalue weighted by atomic mass is 35.5. The van der Waals surface area contributed by atoms with Crippen LogP contribution in [0.4, 0.5) is 5.82 Å². The standard InChI is InChI=1S/C23H22Cl2N4O2S/c24-16-7-8-17(25)20-19(16)22(30)29(23(20)31)10-4-3-9-27-11-13-28(14-12-27)21-15-5-1-2-6-18(15)32-26-21/h1-2,5-8H,3-4,9-14H2. The quantitative estimate of drug-likeness (QED) is 0.368. The fourth-order valence-electron chi connectivity index (χ4n) is 4.42. The number of anilines is 1. The number of benzene rings is 2. The molecule has 2 aliphatic heterocycles. The van der Waals surface area contributed by atoms with Crippen molar-refractivity contribution in [2.75, 3.05) is 44.2 Å².